The summed E-state index contributed by atoms with van der Waals surface area (Å²) in [5, 5.41) is 0. The van der Waals surface area contributed by atoms with E-state index in [9.17, 15) is 4.79 Å². The molecule has 1 N–H and O–H groups in total. The number of fused-ring (bicyclic) bond motifs is 1. The van der Waals surface area contributed by atoms with Crippen LogP contribution in [0.2, 0.25) is 0 Å². The van der Waals surface area contributed by atoms with Crippen LogP contribution in [0.4, 0.5) is 0 Å². The van der Waals surface area contributed by atoms with Crippen LogP contribution in [0.15, 0.2) is 24.5 Å². The number of aromatic amines is 1. The predicted octanol–water partition coefficient (Wildman–Crippen LogP) is 2.48. The van der Waals surface area contributed by atoms with Gasteiger partial charge < -0.3 is 9.88 Å². The predicted molar refractivity (Wildman–Crippen MR) is 72.8 cm³/mol. The van der Waals surface area contributed by atoms with Gasteiger partial charge in [0.05, 0.1) is 17.4 Å². The molecule has 0 spiro atoms. The lowest BCUT2D eigenvalue weighted by molar-refractivity contribution is 0.0966. The van der Waals surface area contributed by atoms with Crippen molar-refractivity contribution < 1.29 is 4.79 Å². The molecule has 1 aromatic carbocycles. The van der Waals surface area contributed by atoms with Crippen LogP contribution in [-0.4, -0.2) is 40.3 Å². The third kappa shape index (κ3) is 2.76. The Labute approximate surface area is 107 Å². The maximum atomic E-state index is 12.1. The van der Waals surface area contributed by atoms with E-state index in [1.165, 1.54) is 0 Å². The molecule has 0 aliphatic rings. The molecule has 0 bridgehead atoms. The lowest BCUT2D eigenvalue weighted by Crippen LogP contribution is -2.25. The normalized spacial score (nSPS) is 11.3. The van der Waals surface area contributed by atoms with Crippen molar-refractivity contribution in [3.63, 3.8) is 0 Å². The summed E-state index contributed by atoms with van der Waals surface area (Å²) in [7, 11) is 0. The zero-order chi connectivity index (χ0) is 13.0. The molecule has 18 heavy (non-hydrogen) atoms. The third-order valence-corrected chi connectivity index (χ3v) is 3.29. The van der Waals surface area contributed by atoms with Gasteiger partial charge in [-0.2, -0.15) is 0 Å². The van der Waals surface area contributed by atoms with Gasteiger partial charge >= 0.3 is 0 Å². The molecule has 2 aromatic rings. The fourth-order valence-electron chi connectivity index (χ4n) is 2.05. The molecule has 0 saturated carbocycles. The standard InChI is InChI=1S/C14H19N3O/c1-3-17(4-2)8-7-14(18)11-5-6-12-13(9-11)16-10-15-12/h5-6,9-10H,3-4,7-8H2,1-2H3,(H,15,16). The van der Waals surface area contributed by atoms with E-state index in [1.54, 1.807) is 6.33 Å². The second-order valence-corrected chi connectivity index (χ2v) is 4.33. The Morgan fingerprint density at radius 1 is 1.33 bits per heavy atom. The number of H-pyrrole nitrogens is 1. The molecule has 2 rings (SSSR count). The van der Waals surface area contributed by atoms with Crippen LogP contribution in [0.25, 0.3) is 11.0 Å². The SMILES string of the molecule is CCN(CC)CCC(=O)c1ccc2nc[nH]c2c1. The zero-order valence-corrected chi connectivity index (χ0v) is 10.9. The Balaban J connectivity index is 2.04. The highest BCUT2D eigenvalue weighted by Gasteiger charge is 2.09. The molecule has 0 aliphatic carbocycles. The topological polar surface area (TPSA) is 49.0 Å². The van der Waals surface area contributed by atoms with Gasteiger partial charge in [-0.15, -0.1) is 0 Å². The van der Waals surface area contributed by atoms with Crippen molar-refractivity contribution in [2.45, 2.75) is 20.3 Å². The first-order valence-corrected chi connectivity index (χ1v) is 6.43. The maximum absolute atomic E-state index is 12.1. The third-order valence-electron chi connectivity index (χ3n) is 3.29. The monoisotopic (exact) mass is 245 g/mol. The number of ketones is 1. The van der Waals surface area contributed by atoms with E-state index in [0.717, 1.165) is 36.2 Å². The number of rotatable bonds is 6. The highest BCUT2D eigenvalue weighted by molar-refractivity contribution is 5.98. The molecule has 96 valence electrons. The smallest absolute Gasteiger partial charge is 0.164 e. The molecule has 1 aromatic heterocycles. The number of hydrogen-bond donors (Lipinski definition) is 1. The van der Waals surface area contributed by atoms with Crippen molar-refractivity contribution in [3.05, 3.63) is 30.1 Å². The summed E-state index contributed by atoms with van der Waals surface area (Å²) in [6, 6.07) is 5.62. The van der Waals surface area contributed by atoms with E-state index in [-0.39, 0.29) is 5.78 Å². The number of carbonyl (C=O) groups excluding carboxylic acids is 1. The molecular formula is C14H19N3O. The van der Waals surface area contributed by atoms with Gasteiger partial charge in [-0.3, -0.25) is 4.79 Å². The van der Waals surface area contributed by atoms with E-state index in [1.807, 2.05) is 18.2 Å². The summed E-state index contributed by atoms with van der Waals surface area (Å²) in [5.74, 6) is 0.193. The minimum atomic E-state index is 0.193. The first-order chi connectivity index (χ1) is 8.74. The van der Waals surface area contributed by atoms with Crippen LogP contribution >= 0.6 is 0 Å². The van der Waals surface area contributed by atoms with Crippen molar-refractivity contribution in [2.75, 3.05) is 19.6 Å². The molecule has 0 atom stereocenters. The summed E-state index contributed by atoms with van der Waals surface area (Å²) in [6.45, 7) is 7.04. The van der Waals surface area contributed by atoms with Crippen LogP contribution in [-0.2, 0) is 0 Å². The van der Waals surface area contributed by atoms with Crippen LogP contribution in [0.1, 0.15) is 30.6 Å². The molecule has 4 nitrogen and oxygen atoms in total. The molecular weight excluding hydrogens is 226 g/mol. The van der Waals surface area contributed by atoms with Gasteiger partial charge in [0.15, 0.2) is 5.78 Å². The molecule has 4 heteroatoms. The quantitative estimate of drug-likeness (QED) is 0.795. The molecule has 1 heterocycles. The highest BCUT2D eigenvalue weighted by atomic mass is 16.1. The van der Waals surface area contributed by atoms with Gasteiger partial charge in [-0.1, -0.05) is 13.8 Å². The van der Waals surface area contributed by atoms with Gasteiger partial charge in [0.25, 0.3) is 0 Å². The number of nitrogens with zero attached hydrogens (tertiary/aromatic N) is 2. The molecule has 0 amide bonds. The minimum Gasteiger partial charge on any atom is -0.345 e. The van der Waals surface area contributed by atoms with E-state index in [0.29, 0.717) is 6.42 Å². The highest BCUT2D eigenvalue weighted by Crippen LogP contribution is 2.13. The first-order valence-electron chi connectivity index (χ1n) is 6.43. The van der Waals surface area contributed by atoms with Gasteiger partial charge in [0.1, 0.15) is 0 Å². The fourth-order valence-corrected chi connectivity index (χ4v) is 2.05. The van der Waals surface area contributed by atoms with E-state index >= 15 is 0 Å². The van der Waals surface area contributed by atoms with Gasteiger partial charge in [0.2, 0.25) is 0 Å². The van der Waals surface area contributed by atoms with E-state index in [4.69, 9.17) is 0 Å². The van der Waals surface area contributed by atoms with Gasteiger partial charge in [-0.25, -0.2) is 4.98 Å². The molecule has 0 saturated heterocycles. The largest absolute Gasteiger partial charge is 0.345 e. The summed E-state index contributed by atoms with van der Waals surface area (Å²) in [6.07, 6.45) is 2.22. The molecule has 0 radical (unpaired) electrons. The lowest BCUT2D eigenvalue weighted by Gasteiger charge is -2.16. The van der Waals surface area contributed by atoms with E-state index in [2.05, 4.69) is 28.7 Å². The van der Waals surface area contributed by atoms with Crippen molar-refractivity contribution in [2.24, 2.45) is 0 Å². The Bertz CT molecular complexity index is 529. The van der Waals surface area contributed by atoms with Crippen LogP contribution < -0.4 is 0 Å². The minimum absolute atomic E-state index is 0.193. The van der Waals surface area contributed by atoms with Crippen LogP contribution in [0.5, 0.6) is 0 Å². The van der Waals surface area contributed by atoms with Crippen molar-refractivity contribution in [1.82, 2.24) is 14.9 Å². The lowest BCUT2D eigenvalue weighted by atomic mass is 10.1. The number of nitrogens with one attached hydrogen (secondary N) is 1. The molecule has 0 unspecified atom stereocenters. The van der Waals surface area contributed by atoms with Crippen molar-refractivity contribution in [1.29, 1.82) is 0 Å². The Morgan fingerprint density at radius 3 is 2.83 bits per heavy atom. The average molecular weight is 245 g/mol. The first kappa shape index (κ1) is 12.8. The molecule has 0 aliphatic heterocycles. The Hall–Kier alpha value is -1.68. The summed E-state index contributed by atoms with van der Waals surface area (Å²) < 4.78 is 0. The fraction of sp³-hybridized carbons (Fsp3) is 0.429. The number of hydrogen-bond acceptors (Lipinski definition) is 3. The van der Waals surface area contributed by atoms with Crippen molar-refractivity contribution in [3.8, 4) is 0 Å². The Morgan fingerprint density at radius 2 is 2.11 bits per heavy atom. The molecule has 0 fully saturated rings. The van der Waals surface area contributed by atoms with Gasteiger partial charge in [0, 0.05) is 18.5 Å². The summed E-state index contributed by atoms with van der Waals surface area (Å²) in [4.78, 5) is 21.5. The van der Waals surface area contributed by atoms with Crippen LogP contribution in [0, 0.1) is 0 Å². The van der Waals surface area contributed by atoms with Gasteiger partial charge in [-0.05, 0) is 31.3 Å². The number of imidazole rings is 1. The zero-order valence-electron chi connectivity index (χ0n) is 10.9. The summed E-state index contributed by atoms with van der Waals surface area (Å²) in [5.41, 5.74) is 2.58. The number of Topliss-reactive ketones (excluding diaryl/α,β-unsaturated/α-hetero) is 1. The van der Waals surface area contributed by atoms with Crippen molar-refractivity contribution >= 4 is 16.8 Å². The number of carbonyl (C=O) groups is 1. The van der Waals surface area contributed by atoms with Crippen LogP contribution in [0.3, 0.4) is 0 Å². The number of benzene rings is 1. The second-order valence-electron chi connectivity index (χ2n) is 4.33. The van der Waals surface area contributed by atoms with E-state index < -0.39 is 0 Å². The Kier molecular flexibility index (Phi) is 4.10. The second kappa shape index (κ2) is 5.78. The summed E-state index contributed by atoms with van der Waals surface area (Å²) >= 11 is 0. The number of aromatic nitrogens is 2. The maximum Gasteiger partial charge on any atom is 0.164 e. The average Bonchev–Trinajstić information content (AvgIpc) is 2.86.